The molecule has 2 aromatic heterocycles. The van der Waals surface area contributed by atoms with Gasteiger partial charge in [-0.25, -0.2) is 4.98 Å². The Kier molecular flexibility index (Phi) is 4.24. The molecule has 0 aliphatic carbocycles. The van der Waals surface area contributed by atoms with Crippen LogP contribution in [0.2, 0.25) is 0 Å². The number of aromatic nitrogens is 2. The Labute approximate surface area is 152 Å². The molecule has 1 saturated heterocycles. The summed E-state index contributed by atoms with van der Waals surface area (Å²) in [7, 11) is -1.74. The van der Waals surface area contributed by atoms with Gasteiger partial charge in [-0.3, -0.25) is 8.58 Å². The lowest BCUT2D eigenvalue weighted by atomic mass is 10.1. The van der Waals surface area contributed by atoms with Crippen LogP contribution in [-0.4, -0.2) is 50.4 Å². The highest BCUT2D eigenvalue weighted by Gasteiger charge is 2.23. The van der Waals surface area contributed by atoms with Gasteiger partial charge < -0.3 is 9.64 Å². The zero-order valence-electron chi connectivity index (χ0n) is 14.8. The maximum atomic E-state index is 11.3. The fraction of sp³-hybridized carbons (Fsp3) is 0.389. The van der Waals surface area contributed by atoms with Crippen molar-refractivity contribution in [3.05, 3.63) is 36.5 Å². The van der Waals surface area contributed by atoms with Gasteiger partial charge in [0.2, 0.25) is 0 Å². The molecule has 1 aromatic carbocycles. The topological polar surface area (TPSA) is 73.1 Å². The Bertz CT molecular complexity index is 1050. The summed E-state index contributed by atoms with van der Waals surface area (Å²) in [6.07, 6.45) is 4.26. The molecule has 3 heterocycles. The van der Waals surface area contributed by atoms with Gasteiger partial charge in [0, 0.05) is 37.1 Å². The molecular weight excluding hydrogens is 354 g/mol. The van der Waals surface area contributed by atoms with Gasteiger partial charge in [-0.05, 0) is 31.0 Å². The van der Waals surface area contributed by atoms with Gasteiger partial charge in [-0.2, -0.15) is 8.42 Å². The Morgan fingerprint density at radius 2 is 1.92 bits per heavy atom. The van der Waals surface area contributed by atoms with Gasteiger partial charge in [-0.15, -0.1) is 0 Å². The third kappa shape index (κ3) is 3.34. The van der Waals surface area contributed by atoms with E-state index < -0.39 is 10.1 Å². The average molecular weight is 375 g/mol. The third-order valence-corrected chi connectivity index (χ3v) is 5.34. The Balaban J connectivity index is 1.57. The standard InChI is InChI=1S/C18H21N3O4S/c1-24-15-3-4-16-17(12-15)21-10-5-13(11-18(21)19-16)20-8-6-14(7-9-20)25-26(2,22)23/h3-5,10-12,14H,6-9H2,1-2H3. The molecule has 0 bridgehead atoms. The molecule has 1 aliphatic rings. The summed E-state index contributed by atoms with van der Waals surface area (Å²) in [4.78, 5) is 6.92. The Hall–Kier alpha value is -2.32. The van der Waals surface area contributed by atoms with E-state index in [9.17, 15) is 8.42 Å². The van der Waals surface area contributed by atoms with Gasteiger partial charge in [-0.1, -0.05) is 0 Å². The lowest BCUT2D eigenvalue weighted by molar-refractivity contribution is 0.180. The second-order valence-electron chi connectivity index (χ2n) is 6.57. The first-order valence-electron chi connectivity index (χ1n) is 8.52. The van der Waals surface area contributed by atoms with E-state index in [4.69, 9.17) is 8.92 Å². The van der Waals surface area contributed by atoms with Crippen molar-refractivity contribution in [3.8, 4) is 5.75 Å². The van der Waals surface area contributed by atoms with Gasteiger partial charge in [0.05, 0.1) is 30.5 Å². The summed E-state index contributed by atoms with van der Waals surface area (Å²) in [5.74, 6) is 0.802. The number of benzene rings is 1. The van der Waals surface area contributed by atoms with Crippen LogP contribution >= 0.6 is 0 Å². The first-order valence-corrected chi connectivity index (χ1v) is 10.3. The van der Waals surface area contributed by atoms with E-state index >= 15 is 0 Å². The summed E-state index contributed by atoms with van der Waals surface area (Å²) in [6, 6.07) is 9.95. The van der Waals surface area contributed by atoms with Crippen molar-refractivity contribution < 1.29 is 17.3 Å². The van der Waals surface area contributed by atoms with Crippen molar-refractivity contribution in [2.75, 3.05) is 31.4 Å². The average Bonchev–Trinajstić information content (AvgIpc) is 2.97. The molecule has 0 N–H and O–H groups in total. The smallest absolute Gasteiger partial charge is 0.264 e. The van der Waals surface area contributed by atoms with Crippen LogP contribution in [0.4, 0.5) is 5.69 Å². The van der Waals surface area contributed by atoms with Crippen molar-refractivity contribution in [2.24, 2.45) is 0 Å². The molecule has 3 aromatic rings. The van der Waals surface area contributed by atoms with Crippen molar-refractivity contribution in [1.82, 2.24) is 9.38 Å². The van der Waals surface area contributed by atoms with E-state index in [0.717, 1.165) is 47.5 Å². The molecule has 1 fully saturated rings. The highest BCUT2D eigenvalue weighted by molar-refractivity contribution is 7.86. The van der Waals surface area contributed by atoms with E-state index in [-0.39, 0.29) is 6.10 Å². The molecule has 7 nitrogen and oxygen atoms in total. The number of nitrogens with zero attached hydrogens (tertiary/aromatic N) is 3. The number of hydrogen-bond acceptors (Lipinski definition) is 6. The van der Waals surface area contributed by atoms with E-state index in [1.54, 1.807) is 7.11 Å². The quantitative estimate of drug-likeness (QED) is 0.652. The molecule has 8 heteroatoms. The highest BCUT2D eigenvalue weighted by atomic mass is 32.2. The summed E-state index contributed by atoms with van der Waals surface area (Å²) in [5.41, 5.74) is 3.88. The number of ether oxygens (including phenoxy) is 1. The molecule has 26 heavy (non-hydrogen) atoms. The fourth-order valence-electron chi connectivity index (χ4n) is 3.46. The summed E-state index contributed by atoms with van der Waals surface area (Å²) in [5, 5.41) is 0. The largest absolute Gasteiger partial charge is 0.497 e. The van der Waals surface area contributed by atoms with E-state index in [0.29, 0.717) is 12.8 Å². The minimum absolute atomic E-state index is 0.230. The molecule has 0 radical (unpaired) electrons. The summed E-state index contributed by atoms with van der Waals surface area (Å²) < 4.78 is 35.0. The minimum Gasteiger partial charge on any atom is -0.497 e. The molecule has 0 atom stereocenters. The van der Waals surface area contributed by atoms with Gasteiger partial charge in [0.15, 0.2) is 0 Å². The Morgan fingerprint density at radius 3 is 2.62 bits per heavy atom. The first kappa shape index (κ1) is 17.1. The van der Waals surface area contributed by atoms with Crippen LogP contribution in [0.25, 0.3) is 16.7 Å². The molecule has 0 unspecified atom stereocenters. The Morgan fingerprint density at radius 1 is 1.15 bits per heavy atom. The number of hydrogen-bond donors (Lipinski definition) is 0. The van der Waals surface area contributed by atoms with Gasteiger partial charge in [0.25, 0.3) is 10.1 Å². The van der Waals surface area contributed by atoms with Gasteiger partial charge in [0.1, 0.15) is 11.4 Å². The van der Waals surface area contributed by atoms with Crippen molar-refractivity contribution in [3.63, 3.8) is 0 Å². The zero-order valence-corrected chi connectivity index (χ0v) is 15.6. The van der Waals surface area contributed by atoms with Gasteiger partial charge >= 0.3 is 0 Å². The first-order chi connectivity index (χ1) is 12.4. The van der Waals surface area contributed by atoms with E-state index in [1.165, 1.54) is 0 Å². The predicted octanol–water partition coefficient (Wildman–Crippen LogP) is 2.44. The maximum absolute atomic E-state index is 11.3. The predicted molar refractivity (Wildman–Crippen MR) is 100 cm³/mol. The lowest BCUT2D eigenvalue weighted by Crippen LogP contribution is -2.37. The molecule has 0 amide bonds. The molecule has 0 spiro atoms. The molecule has 1 aliphatic heterocycles. The van der Waals surface area contributed by atoms with Crippen LogP contribution < -0.4 is 9.64 Å². The lowest BCUT2D eigenvalue weighted by Gasteiger charge is -2.32. The summed E-state index contributed by atoms with van der Waals surface area (Å²) in [6.45, 7) is 1.51. The monoisotopic (exact) mass is 375 g/mol. The normalized spacial score (nSPS) is 16.5. The SMILES string of the molecule is COc1ccc2nc3cc(N4CCC(OS(C)(=O)=O)CC4)ccn3c2c1. The van der Waals surface area contributed by atoms with Crippen LogP contribution in [0.15, 0.2) is 36.5 Å². The van der Waals surface area contributed by atoms with Crippen molar-refractivity contribution >= 4 is 32.5 Å². The van der Waals surface area contributed by atoms with Crippen LogP contribution in [0.3, 0.4) is 0 Å². The maximum Gasteiger partial charge on any atom is 0.264 e. The fourth-order valence-corrected chi connectivity index (χ4v) is 4.15. The van der Waals surface area contributed by atoms with Crippen molar-refractivity contribution in [2.45, 2.75) is 18.9 Å². The number of anilines is 1. The molecule has 138 valence electrons. The van der Waals surface area contributed by atoms with Crippen LogP contribution in [0.5, 0.6) is 5.75 Å². The van der Waals surface area contributed by atoms with E-state index in [2.05, 4.69) is 22.0 Å². The van der Waals surface area contributed by atoms with Crippen LogP contribution in [0, 0.1) is 0 Å². The number of fused-ring (bicyclic) bond motifs is 3. The van der Waals surface area contributed by atoms with Crippen LogP contribution in [-0.2, 0) is 14.3 Å². The zero-order chi connectivity index (χ0) is 18.3. The molecule has 0 saturated carbocycles. The second-order valence-corrected chi connectivity index (χ2v) is 8.17. The second kappa shape index (κ2) is 6.44. The summed E-state index contributed by atoms with van der Waals surface area (Å²) >= 11 is 0. The molecule has 4 rings (SSSR count). The highest BCUT2D eigenvalue weighted by Crippen LogP contribution is 2.27. The number of piperidine rings is 1. The minimum atomic E-state index is -3.40. The third-order valence-electron chi connectivity index (χ3n) is 4.71. The number of pyridine rings is 1. The van der Waals surface area contributed by atoms with E-state index in [1.807, 2.05) is 28.8 Å². The number of methoxy groups -OCH3 is 1. The van der Waals surface area contributed by atoms with Crippen molar-refractivity contribution in [1.29, 1.82) is 0 Å². The molecular formula is C18H21N3O4S. The number of rotatable bonds is 4. The number of imidazole rings is 1. The van der Waals surface area contributed by atoms with Crippen LogP contribution in [0.1, 0.15) is 12.8 Å².